The Kier molecular flexibility index (Phi) is 3.29. The van der Waals surface area contributed by atoms with Crippen molar-refractivity contribution in [2.75, 3.05) is 5.32 Å². The van der Waals surface area contributed by atoms with E-state index in [1.165, 1.54) is 11.3 Å². The Balaban J connectivity index is 1.97. The predicted molar refractivity (Wildman–Crippen MR) is 80.7 cm³/mol. The van der Waals surface area contributed by atoms with Crippen molar-refractivity contribution in [2.24, 2.45) is 0 Å². The van der Waals surface area contributed by atoms with Gasteiger partial charge in [-0.15, -0.1) is 10.2 Å². The summed E-state index contributed by atoms with van der Waals surface area (Å²) in [6.45, 7) is 1.81. The molecular formula is C13H9N3O2S2. The van der Waals surface area contributed by atoms with Gasteiger partial charge in [0.05, 0.1) is 4.88 Å². The molecule has 3 rings (SSSR count). The lowest BCUT2D eigenvalue weighted by molar-refractivity contribution is 0.103. The number of nitrogens with zero attached hydrogens (tertiary/aromatic N) is 2. The van der Waals surface area contributed by atoms with Gasteiger partial charge in [-0.25, -0.2) is 0 Å². The third-order valence-corrected chi connectivity index (χ3v) is 4.32. The number of carbonyl (C=O) groups excluding carboxylic acids is 1. The van der Waals surface area contributed by atoms with E-state index in [1.54, 1.807) is 18.2 Å². The van der Waals surface area contributed by atoms with E-state index in [-0.39, 0.29) is 10.6 Å². The second-order valence-electron chi connectivity index (χ2n) is 4.07. The van der Waals surface area contributed by atoms with Gasteiger partial charge in [-0.2, -0.15) is 0 Å². The normalized spacial score (nSPS) is 10.7. The van der Waals surface area contributed by atoms with Crippen LogP contribution in [0.15, 0.2) is 35.1 Å². The Morgan fingerprint density at radius 3 is 2.75 bits per heavy atom. The van der Waals surface area contributed by atoms with E-state index in [1.807, 2.05) is 19.1 Å². The molecule has 0 saturated carbocycles. The van der Waals surface area contributed by atoms with Crippen LogP contribution in [0.5, 0.6) is 0 Å². The molecule has 0 atom stereocenters. The van der Waals surface area contributed by atoms with Crippen molar-refractivity contribution in [1.29, 1.82) is 0 Å². The van der Waals surface area contributed by atoms with Gasteiger partial charge in [0.1, 0.15) is 5.01 Å². The average molecular weight is 303 g/mol. The van der Waals surface area contributed by atoms with Crippen LogP contribution in [0, 0.1) is 6.92 Å². The van der Waals surface area contributed by atoms with Crippen molar-refractivity contribution in [3.05, 3.63) is 49.8 Å². The largest absolute Gasteiger partial charge is 0.296 e. The summed E-state index contributed by atoms with van der Waals surface area (Å²) in [6, 6.07) is 8.92. The van der Waals surface area contributed by atoms with Gasteiger partial charge < -0.3 is 0 Å². The minimum absolute atomic E-state index is 0.123. The summed E-state index contributed by atoms with van der Waals surface area (Å²) in [5.74, 6) is -0.339. The second kappa shape index (κ2) is 5.10. The molecule has 0 aliphatic heterocycles. The van der Waals surface area contributed by atoms with Gasteiger partial charge in [-0.1, -0.05) is 40.9 Å². The van der Waals surface area contributed by atoms with Crippen LogP contribution in [0.4, 0.5) is 5.13 Å². The fourth-order valence-corrected chi connectivity index (χ4v) is 3.16. The van der Waals surface area contributed by atoms with Crippen LogP contribution in [0.3, 0.4) is 0 Å². The van der Waals surface area contributed by atoms with Crippen molar-refractivity contribution in [3.63, 3.8) is 0 Å². The standard InChI is InChI=1S/C13H9N3O2S2/c1-7-15-16-13(19-7)14-11(17)10-6-8-4-2-3-5-9(8)12(18)20-10/h2-6H,1H3,(H,14,16,17). The van der Waals surface area contributed by atoms with E-state index >= 15 is 0 Å². The van der Waals surface area contributed by atoms with E-state index in [0.29, 0.717) is 15.4 Å². The topological polar surface area (TPSA) is 72.0 Å². The molecule has 0 unspecified atom stereocenters. The van der Waals surface area contributed by atoms with Crippen LogP contribution in [-0.2, 0) is 0 Å². The average Bonchev–Trinajstić information content (AvgIpc) is 2.84. The first-order chi connectivity index (χ1) is 9.63. The van der Waals surface area contributed by atoms with Gasteiger partial charge in [0.25, 0.3) is 5.91 Å². The van der Waals surface area contributed by atoms with Crippen molar-refractivity contribution >= 4 is 44.5 Å². The quantitative estimate of drug-likeness (QED) is 0.790. The summed E-state index contributed by atoms with van der Waals surface area (Å²) in [5, 5.41) is 12.9. The van der Waals surface area contributed by atoms with Crippen LogP contribution in [0.1, 0.15) is 14.7 Å². The molecule has 0 fully saturated rings. The van der Waals surface area contributed by atoms with Gasteiger partial charge in [-0.05, 0) is 24.4 Å². The molecule has 2 heterocycles. The predicted octanol–water partition coefficient (Wildman–Crippen LogP) is 2.67. The number of benzene rings is 1. The smallest absolute Gasteiger partial charge is 0.267 e. The number of aryl methyl sites for hydroxylation is 1. The number of anilines is 1. The monoisotopic (exact) mass is 303 g/mol. The van der Waals surface area contributed by atoms with E-state index in [2.05, 4.69) is 15.5 Å². The number of aromatic nitrogens is 2. The lowest BCUT2D eigenvalue weighted by Gasteiger charge is -2.01. The van der Waals surface area contributed by atoms with Crippen LogP contribution in [-0.4, -0.2) is 16.1 Å². The Bertz CT molecular complexity index is 854. The zero-order valence-electron chi connectivity index (χ0n) is 10.4. The maximum absolute atomic E-state index is 12.1. The van der Waals surface area contributed by atoms with Crippen LogP contribution in [0.25, 0.3) is 10.8 Å². The number of rotatable bonds is 2. The molecule has 3 aromatic rings. The molecular weight excluding hydrogens is 294 g/mol. The number of fused-ring (bicyclic) bond motifs is 1. The third kappa shape index (κ3) is 2.45. The molecule has 0 aliphatic rings. The molecule has 7 heteroatoms. The summed E-state index contributed by atoms with van der Waals surface area (Å²) in [7, 11) is 0. The Labute approximate surface area is 121 Å². The minimum atomic E-state index is -0.339. The molecule has 20 heavy (non-hydrogen) atoms. The maximum atomic E-state index is 12.1. The highest BCUT2D eigenvalue weighted by Gasteiger charge is 2.12. The second-order valence-corrected chi connectivity index (χ2v) is 6.26. The lowest BCUT2D eigenvalue weighted by Crippen LogP contribution is -2.12. The minimum Gasteiger partial charge on any atom is -0.296 e. The first-order valence-corrected chi connectivity index (χ1v) is 7.41. The number of hydrogen-bond acceptors (Lipinski definition) is 6. The highest BCUT2D eigenvalue weighted by molar-refractivity contribution is 7.15. The van der Waals surface area contributed by atoms with E-state index in [9.17, 15) is 9.59 Å². The van der Waals surface area contributed by atoms with Crippen molar-refractivity contribution < 1.29 is 4.79 Å². The Morgan fingerprint density at radius 1 is 1.20 bits per heavy atom. The molecule has 0 bridgehead atoms. The molecule has 2 aromatic heterocycles. The van der Waals surface area contributed by atoms with E-state index < -0.39 is 0 Å². The molecule has 0 aliphatic carbocycles. The van der Waals surface area contributed by atoms with E-state index in [4.69, 9.17) is 0 Å². The van der Waals surface area contributed by atoms with Gasteiger partial charge >= 0.3 is 0 Å². The molecule has 1 N–H and O–H groups in total. The summed E-state index contributed by atoms with van der Waals surface area (Å²) in [5.41, 5.74) is 0. The molecule has 1 amide bonds. The van der Waals surface area contributed by atoms with Crippen molar-refractivity contribution in [2.45, 2.75) is 6.92 Å². The highest BCUT2D eigenvalue weighted by atomic mass is 32.1. The molecule has 0 spiro atoms. The Morgan fingerprint density at radius 2 is 2.00 bits per heavy atom. The van der Waals surface area contributed by atoms with Gasteiger partial charge in [0.15, 0.2) is 0 Å². The number of hydrogen-bond donors (Lipinski definition) is 1. The molecule has 1 aromatic carbocycles. The summed E-state index contributed by atoms with van der Waals surface area (Å²) >= 11 is 2.22. The Hall–Kier alpha value is -2.12. The zero-order chi connectivity index (χ0) is 14.1. The van der Waals surface area contributed by atoms with Crippen LogP contribution in [0.2, 0.25) is 0 Å². The fourth-order valence-electron chi connectivity index (χ4n) is 1.75. The van der Waals surface area contributed by atoms with E-state index in [0.717, 1.165) is 21.7 Å². The van der Waals surface area contributed by atoms with Gasteiger partial charge in [0.2, 0.25) is 9.87 Å². The van der Waals surface area contributed by atoms with Gasteiger partial charge in [0, 0.05) is 5.39 Å². The zero-order valence-corrected chi connectivity index (χ0v) is 12.0. The van der Waals surface area contributed by atoms with Crippen molar-refractivity contribution in [3.8, 4) is 0 Å². The number of carbonyl (C=O) groups is 1. The van der Waals surface area contributed by atoms with Gasteiger partial charge in [-0.3, -0.25) is 14.9 Å². The lowest BCUT2D eigenvalue weighted by atomic mass is 10.2. The highest BCUT2D eigenvalue weighted by Crippen LogP contribution is 2.18. The molecule has 0 radical (unpaired) electrons. The van der Waals surface area contributed by atoms with Crippen molar-refractivity contribution in [1.82, 2.24) is 10.2 Å². The number of amides is 1. The maximum Gasteiger partial charge on any atom is 0.267 e. The first-order valence-electron chi connectivity index (χ1n) is 5.78. The molecule has 100 valence electrons. The third-order valence-electron chi connectivity index (χ3n) is 2.64. The summed E-state index contributed by atoms with van der Waals surface area (Å²) in [6.07, 6.45) is 0. The van der Waals surface area contributed by atoms with Crippen LogP contribution < -0.4 is 10.1 Å². The fraction of sp³-hybridized carbons (Fsp3) is 0.0769. The van der Waals surface area contributed by atoms with Crippen LogP contribution >= 0.6 is 22.7 Å². The molecule has 0 saturated heterocycles. The molecule has 5 nitrogen and oxygen atoms in total. The summed E-state index contributed by atoms with van der Waals surface area (Å²) < 4.78 is -0.123. The number of nitrogens with one attached hydrogen (secondary N) is 1. The SMILES string of the molecule is Cc1nnc(NC(=O)c2cc3ccccc3c(=O)s2)s1. The summed E-state index contributed by atoms with van der Waals surface area (Å²) in [4.78, 5) is 24.5. The first kappa shape index (κ1) is 12.9.